The van der Waals surface area contributed by atoms with Crippen LogP contribution in [0.5, 0.6) is 0 Å². The first-order valence-electron chi connectivity index (χ1n) is 9.65. The molecular weight excluding hydrogens is 394 g/mol. The van der Waals surface area contributed by atoms with Crippen LogP contribution in [0.2, 0.25) is 0 Å². The monoisotopic (exact) mass is 423 g/mol. The van der Waals surface area contributed by atoms with E-state index in [1.165, 1.54) is 32.1 Å². The number of rotatable bonds is 8. The van der Waals surface area contributed by atoms with Gasteiger partial charge in [0.05, 0.1) is 17.3 Å². The number of hydrogen-bond acceptors (Lipinski definition) is 4. The Labute approximate surface area is 175 Å². The molecule has 1 heterocycles. The maximum Gasteiger partial charge on any atom is 0.180 e. The molecule has 2 aromatic carbocycles. The second-order valence-electron chi connectivity index (χ2n) is 7.31. The Morgan fingerprint density at radius 1 is 1.04 bits per heavy atom. The molecule has 1 saturated heterocycles. The van der Waals surface area contributed by atoms with Gasteiger partial charge in [0.2, 0.25) is 0 Å². The van der Waals surface area contributed by atoms with Gasteiger partial charge in [-0.15, -0.1) is 12.4 Å². The number of halogens is 1. The zero-order valence-electron chi connectivity index (χ0n) is 16.6. The molecule has 1 aliphatic rings. The fourth-order valence-electron chi connectivity index (χ4n) is 3.63. The number of hydrogen-bond donors (Lipinski definition) is 0. The lowest BCUT2D eigenvalue weighted by atomic mass is 10.0. The van der Waals surface area contributed by atoms with Gasteiger partial charge in [-0.1, -0.05) is 36.4 Å². The van der Waals surface area contributed by atoms with Crippen LogP contribution in [-0.2, 0) is 21.0 Å². The van der Waals surface area contributed by atoms with Gasteiger partial charge in [0.1, 0.15) is 0 Å². The summed E-state index contributed by atoms with van der Waals surface area (Å²) in [5, 5.41) is 0. The average Bonchev–Trinajstić information content (AvgIpc) is 3.10. The molecule has 0 spiro atoms. The molecule has 1 fully saturated rings. The van der Waals surface area contributed by atoms with E-state index in [9.17, 15) is 8.42 Å². The molecule has 154 valence electrons. The van der Waals surface area contributed by atoms with E-state index in [1.807, 2.05) is 12.1 Å². The third kappa shape index (κ3) is 5.80. The number of sulfone groups is 1. The summed E-state index contributed by atoms with van der Waals surface area (Å²) in [6.07, 6.45) is 3.70. The standard InChI is InChI=1S/C22H29NO3S.ClH/c1-18-4-3-14-23(18)15-13-19-5-7-20(8-6-19)21-9-11-22(12-10-21)27(24,25)17-16-26-2;/h5-12,18H,3-4,13-17H2,1-2H3;1H. The lowest BCUT2D eigenvalue weighted by Gasteiger charge is -2.20. The highest BCUT2D eigenvalue weighted by molar-refractivity contribution is 7.91. The quantitative estimate of drug-likeness (QED) is 0.637. The zero-order valence-corrected chi connectivity index (χ0v) is 18.3. The maximum atomic E-state index is 12.2. The fourth-order valence-corrected chi connectivity index (χ4v) is 4.80. The highest BCUT2D eigenvalue weighted by atomic mass is 35.5. The number of nitrogens with zero attached hydrogens (tertiary/aromatic N) is 1. The average molecular weight is 424 g/mol. The SMILES string of the molecule is COCCS(=O)(=O)c1ccc(-c2ccc(CCN3CCCC3C)cc2)cc1.Cl. The van der Waals surface area contributed by atoms with Crippen molar-refractivity contribution in [3.8, 4) is 11.1 Å². The van der Waals surface area contributed by atoms with Crippen molar-refractivity contribution in [2.45, 2.75) is 37.1 Å². The molecule has 28 heavy (non-hydrogen) atoms. The Morgan fingerprint density at radius 3 is 2.18 bits per heavy atom. The van der Waals surface area contributed by atoms with Crippen LogP contribution in [0.25, 0.3) is 11.1 Å². The summed E-state index contributed by atoms with van der Waals surface area (Å²) in [4.78, 5) is 2.91. The zero-order chi connectivity index (χ0) is 19.3. The van der Waals surface area contributed by atoms with Gasteiger partial charge in [-0.3, -0.25) is 0 Å². The normalized spacial score (nSPS) is 17.4. The summed E-state index contributed by atoms with van der Waals surface area (Å²) in [5.74, 6) is 0.00712. The Hall–Kier alpha value is -1.40. The van der Waals surface area contributed by atoms with Crippen LogP contribution < -0.4 is 0 Å². The minimum absolute atomic E-state index is 0. The highest BCUT2D eigenvalue weighted by Gasteiger charge is 2.19. The van der Waals surface area contributed by atoms with Crippen LogP contribution in [0.15, 0.2) is 53.4 Å². The Bertz CT molecular complexity index is 835. The van der Waals surface area contributed by atoms with Crippen molar-refractivity contribution >= 4 is 22.2 Å². The van der Waals surface area contributed by atoms with Gasteiger partial charge < -0.3 is 9.64 Å². The maximum absolute atomic E-state index is 12.2. The van der Waals surface area contributed by atoms with Crippen molar-refractivity contribution in [1.29, 1.82) is 0 Å². The van der Waals surface area contributed by atoms with Crippen molar-refractivity contribution < 1.29 is 13.2 Å². The van der Waals surface area contributed by atoms with Crippen molar-refractivity contribution in [2.24, 2.45) is 0 Å². The van der Waals surface area contributed by atoms with Gasteiger partial charge in [-0.25, -0.2) is 8.42 Å². The molecule has 0 N–H and O–H groups in total. The molecular formula is C22H30ClNO3S. The Balaban J connectivity index is 0.00000280. The first-order chi connectivity index (χ1) is 13.0. The smallest absolute Gasteiger partial charge is 0.180 e. The van der Waals surface area contributed by atoms with Gasteiger partial charge in [0, 0.05) is 19.7 Å². The fraction of sp³-hybridized carbons (Fsp3) is 0.455. The van der Waals surface area contributed by atoms with Gasteiger partial charge in [-0.2, -0.15) is 0 Å². The van der Waals surface area contributed by atoms with Gasteiger partial charge in [-0.05, 0) is 61.6 Å². The van der Waals surface area contributed by atoms with E-state index in [0.29, 0.717) is 10.9 Å². The van der Waals surface area contributed by atoms with E-state index in [2.05, 4.69) is 36.1 Å². The molecule has 1 aliphatic heterocycles. The summed E-state index contributed by atoms with van der Waals surface area (Å²) < 4.78 is 29.3. The molecule has 4 nitrogen and oxygen atoms in total. The lowest BCUT2D eigenvalue weighted by Crippen LogP contribution is -2.28. The molecule has 2 aromatic rings. The molecule has 3 rings (SSSR count). The summed E-state index contributed by atoms with van der Waals surface area (Å²) in [6, 6.07) is 16.4. The van der Waals surface area contributed by atoms with Gasteiger partial charge >= 0.3 is 0 Å². The van der Waals surface area contributed by atoms with Gasteiger partial charge in [0.25, 0.3) is 0 Å². The first-order valence-corrected chi connectivity index (χ1v) is 11.3. The Morgan fingerprint density at radius 2 is 1.64 bits per heavy atom. The predicted molar refractivity (Wildman–Crippen MR) is 117 cm³/mol. The minimum atomic E-state index is -3.28. The second-order valence-corrected chi connectivity index (χ2v) is 9.42. The molecule has 0 aromatic heterocycles. The van der Waals surface area contributed by atoms with Crippen molar-refractivity contribution in [3.63, 3.8) is 0 Å². The summed E-state index contributed by atoms with van der Waals surface area (Å²) >= 11 is 0. The van der Waals surface area contributed by atoms with Crippen LogP contribution in [0, 0.1) is 0 Å². The molecule has 0 aliphatic carbocycles. The highest BCUT2D eigenvalue weighted by Crippen LogP contribution is 2.23. The first kappa shape index (κ1) is 22.9. The summed E-state index contributed by atoms with van der Waals surface area (Å²) in [6.45, 7) is 4.87. The molecule has 0 bridgehead atoms. The number of ether oxygens (including phenoxy) is 1. The molecule has 1 atom stereocenters. The molecule has 0 radical (unpaired) electrons. The topological polar surface area (TPSA) is 46.6 Å². The second kappa shape index (κ2) is 10.4. The number of likely N-dealkylation sites (tertiary alicyclic amines) is 1. The molecule has 0 saturated carbocycles. The third-order valence-corrected chi connectivity index (χ3v) is 7.13. The van der Waals surface area contributed by atoms with Crippen LogP contribution in [0.4, 0.5) is 0 Å². The van der Waals surface area contributed by atoms with Crippen molar-refractivity contribution in [1.82, 2.24) is 4.90 Å². The van der Waals surface area contributed by atoms with E-state index in [1.54, 1.807) is 12.1 Å². The Kier molecular flexibility index (Phi) is 8.50. The largest absolute Gasteiger partial charge is 0.384 e. The van der Waals surface area contributed by atoms with E-state index in [0.717, 1.165) is 24.1 Å². The molecule has 1 unspecified atom stereocenters. The van der Waals surface area contributed by atoms with Crippen LogP contribution in [0.3, 0.4) is 0 Å². The van der Waals surface area contributed by atoms with Gasteiger partial charge in [0.15, 0.2) is 9.84 Å². The van der Waals surface area contributed by atoms with E-state index < -0.39 is 9.84 Å². The summed E-state index contributed by atoms with van der Waals surface area (Å²) in [7, 11) is -1.77. The van der Waals surface area contributed by atoms with E-state index >= 15 is 0 Å². The van der Waals surface area contributed by atoms with Crippen molar-refractivity contribution in [3.05, 3.63) is 54.1 Å². The molecule has 0 amide bonds. The number of benzene rings is 2. The molecule has 6 heteroatoms. The van der Waals surface area contributed by atoms with Crippen LogP contribution >= 0.6 is 12.4 Å². The van der Waals surface area contributed by atoms with Crippen LogP contribution in [0.1, 0.15) is 25.3 Å². The van der Waals surface area contributed by atoms with Crippen molar-refractivity contribution in [2.75, 3.05) is 32.6 Å². The minimum Gasteiger partial charge on any atom is -0.384 e. The third-order valence-electron chi connectivity index (χ3n) is 5.44. The number of methoxy groups -OCH3 is 1. The van der Waals surface area contributed by atoms with E-state index in [-0.39, 0.29) is 24.8 Å². The predicted octanol–water partition coefficient (Wildman–Crippen LogP) is 4.22. The van der Waals surface area contributed by atoms with E-state index in [4.69, 9.17) is 4.74 Å². The van der Waals surface area contributed by atoms with Crippen LogP contribution in [-0.4, -0.2) is 51.9 Å². The lowest BCUT2D eigenvalue weighted by molar-refractivity contribution is 0.217. The summed E-state index contributed by atoms with van der Waals surface area (Å²) in [5.41, 5.74) is 3.48.